The maximum absolute atomic E-state index is 12.0. The number of likely N-dealkylation sites (N-methyl/N-ethyl adjacent to an activating group) is 1. The third kappa shape index (κ3) is 1.64. The Bertz CT molecular complexity index is 110. The van der Waals surface area contributed by atoms with Crippen LogP contribution in [0.1, 0.15) is 0 Å². The molecule has 1 aliphatic rings. The van der Waals surface area contributed by atoms with Crippen LogP contribution in [0.2, 0.25) is 0 Å². The standard InChI is InChI=1S/C6H11F2NO/c1-9-2-3-10-4-5(9)6(7)8/h5-6H,2-4H2,1H3. The molecule has 1 fully saturated rings. The van der Waals surface area contributed by atoms with Gasteiger partial charge in [-0.25, -0.2) is 8.78 Å². The Hall–Kier alpha value is -0.220. The fraction of sp³-hybridized carbons (Fsp3) is 1.00. The second kappa shape index (κ2) is 3.25. The molecule has 0 aromatic rings. The van der Waals surface area contributed by atoms with Crippen LogP contribution in [0, 0.1) is 0 Å². The van der Waals surface area contributed by atoms with Crippen LogP contribution in [0.3, 0.4) is 0 Å². The van der Waals surface area contributed by atoms with Crippen LogP contribution in [0.5, 0.6) is 0 Å². The third-order valence-corrected chi connectivity index (χ3v) is 1.73. The molecule has 10 heavy (non-hydrogen) atoms. The van der Waals surface area contributed by atoms with Crippen LogP contribution in [0.25, 0.3) is 0 Å². The zero-order valence-electron chi connectivity index (χ0n) is 5.89. The van der Waals surface area contributed by atoms with Crippen LogP contribution >= 0.6 is 0 Å². The van der Waals surface area contributed by atoms with Gasteiger partial charge in [-0.2, -0.15) is 0 Å². The first-order valence-electron chi connectivity index (χ1n) is 3.28. The molecular formula is C6H11F2NO. The molecular weight excluding hydrogens is 140 g/mol. The van der Waals surface area contributed by atoms with Crippen molar-refractivity contribution in [3.05, 3.63) is 0 Å². The van der Waals surface area contributed by atoms with E-state index in [1.807, 2.05) is 0 Å². The average Bonchev–Trinajstić information content (AvgIpc) is 1.88. The largest absolute Gasteiger partial charge is 0.378 e. The van der Waals surface area contributed by atoms with E-state index in [-0.39, 0.29) is 6.61 Å². The fourth-order valence-electron chi connectivity index (χ4n) is 0.971. The van der Waals surface area contributed by atoms with E-state index < -0.39 is 12.5 Å². The Labute approximate surface area is 58.8 Å². The first-order valence-corrected chi connectivity index (χ1v) is 3.28. The summed E-state index contributed by atoms with van der Waals surface area (Å²) in [6.07, 6.45) is -2.29. The molecule has 1 heterocycles. The molecule has 1 aliphatic heterocycles. The van der Waals surface area contributed by atoms with Gasteiger partial charge in [0.1, 0.15) is 0 Å². The van der Waals surface area contributed by atoms with Crippen molar-refractivity contribution >= 4 is 0 Å². The molecule has 0 saturated carbocycles. The van der Waals surface area contributed by atoms with E-state index in [0.29, 0.717) is 13.2 Å². The highest BCUT2D eigenvalue weighted by molar-refractivity contribution is 4.73. The summed E-state index contributed by atoms with van der Waals surface area (Å²) in [5, 5.41) is 0. The number of hydrogen-bond donors (Lipinski definition) is 0. The number of morpholine rings is 1. The summed E-state index contributed by atoms with van der Waals surface area (Å²) in [7, 11) is 1.69. The molecule has 0 spiro atoms. The molecule has 2 nitrogen and oxygen atoms in total. The molecule has 0 bridgehead atoms. The SMILES string of the molecule is CN1CCOCC1C(F)F. The second-order valence-electron chi connectivity index (χ2n) is 2.46. The molecule has 0 aromatic heterocycles. The Balaban J connectivity index is 2.40. The molecule has 1 atom stereocenters. The highest BCUT2D eigenvalue weighted by Crippen LogP contribution is 2.11. The minimum atomic E-state index is -2.29. The van der Waals surface area contributed by atoms with Gasteiger partial charge in [0.25, 0.3) is 6.43 Å². The molecule has 0 amide bonds. The van der Waals surface area contributed by atoms with Crippen molar-refractivity contribution in [1.82, 2.24) is 4.90 Å². The van der Waals surface area contributed by atoms with Crippen molar-refractivity contribution < 1.29 is 13.5 Å². The van der Waals surface area contributed by atoms with Gasteiger partial charge in [-0.15, -0.1) is 0 Å². The normalized spacial score (nSPS) is 29.4. The van der Waals surface area contributed by atoms with Gasteiger partial charge in [0, 0.05) is 6.54 Å². The van der Waals surface area contributed by atoms with Gasteiger partial charge in [0.2, 0.25) is 0 Å². The number of ether oxygens (including phenoxy) is 1. The Morgan fingerprint density at radius 3 is 2.70 bits per heavy atom. The van der Waals surface area contributed by atoms with Crippen molar-refractivity contribution in [3.63, 3.8) is 0 Å². The molecule has 4 heteroatoms. The van der Waals surface area contributed by atoms with Gasteiger partial charge < -0.3 is 4.74 Å². The zero-order valence-corrected chi connectivity index (χ0v) is 5.89. The van der Waals surface area contributed by atoms with Gasteiger partial charge in [0.05, 0.1) is 19.3 Å². The van der Waals surface area contributed by atoms with E-state index in [0.717, 1.165) is 0 Å². The monoisotopic (exact) mass is 151 g/mol. The van der Waals surface area contributed by atoms with Gasteiger partial charge in [-0.3, -0.25) is 4.90 Å². The quantitative estimate of drug-likeness (QED) is 0.543. The molecule has 0 N–H and O–H groups in total. The smallest absolute Gasteiger partial charge is 0.256 e. The van der Waals surface area contributed by atoms with E-state index in [2.05, 4.69) is 0 Å². The highest BCUT2D eigenvalue weighted by Gasteiger charge is 2.27. The van der Waals surface area contributed by atoms with E-state index in [4.69, 9.17) is 4.74 Å². The van der Waals surface area contributed by atoms with Crippen LogP contribution in [0.15, 0.2) is 0 Å². The number of halogens is 2. The van der Waals surface area contributed by atoms with E-state index in [1.165, 1.54) is 0 Å². The summed E-state index contributed by atoms with van der Waals surface area (Å²) in [5.74, 6) is 0. The third-order valence-electron chi connectivity index (χ3n) is 1.73. The predicted octanol–water partition coefficient (Wildman–Crippen LogP) is 0.582. The number of rotatable bonds is 1. The zero-order chi connectivity index (χ0) is 7.56. The summed E-state index contributed by atoms with van der Waals surface area (Å²) in [4.78, 5) is 1.63. The summed E-state index contributed by atoms with van der Waals surface area (Å²) in [5.41, 5.74) is 0. The minimum absolute atomic E-state index is 0.161. The van der Waals surface area contributed by atoms with Gasteiger partial charge >= 0.3 is 0 Å². The molecule has 1 unspecified atom stereocenters. The van der Waals surface area contributed by atoms with Crippen molar-refractivity contribution in [2.45, 2.75) is 12.5 Å². The topological polar surface area (TPSA) is 12.5 Å². The van der Waals surface area contributed by atoms with Crippen LogP contribution in [-0.2, 0) is 4.74 Å². The predicted molar refractivity (Wildman–Crippen MR) is 33.2 cm³/mol. The van der Waals surface area contributed by atoms with Crippen molar-refractivity contribution in [3.8, 4) is 0 Å². The van der Waals surface area contributed by atoms with Crippen LogP contribution < -0.4 is 0 Å². The maximum atomic E-state index is 12.0. The lowest BCUT2D eigenvalue weighted by molar-refractivity contribution is -0.0602. The molecule has 0 aromatic carbocycles. The van der Waals surface area contributed by atoms with E-state index in [1.54, 1.807) is 11.9 Å². The summed E-state index contributed by atoms with van der Waals surface area (Å²) in [6, 6.07) is -0.700. The Morgan fingerprint density at radius 2 is 2.30 bits per heavy atom. The minimum Gasteiger partial charge on any atom is -0.378 e. The summed E-state index contributed by atoms with van der Waals surface area (Å²) < 4.78 is 29.0. The number of alkyl halides is 2. The lowest BCUT2D eigenvalue weighted by atomic mass is 10.2. The molecule has 1 rings (SSSR count). The van der Waals surface area contributed by atoms with E-state index >= 15 is 0 Å². The first kappa shape index (κ1) is 7.88. The lowest BCUT2D eigenvalue weighted by Crippen LogP contribution is -2.46. The molecule has 1 saturated heterocycles. The highest BCUT2D eigenvalue weighted by atomic mass is 19.3. The van der Waals surface area contributed by atoms with E-state index in [9.17, 15) is 8.78 Å². The second-order valence-corrected chi connectivity index (χ2v) is 2.46. The van der Waals surface area contributed by atoms with Gasteiger partial charge in [-0.1, -0.05) is 0 Å². The Kier molecular flexibility index (Phi) is 2.56. The van der Waals surface area contributed by atoms with Crippen molar-refractivity contribution in [1.29, 1.82) is 0 Å². The average molecular weight is 151 g/mol. The number of nitrogens with zero attached hydrogens (tertiary/aromatic N) is 1. The van der Waals surface area contributed by atoms with Crippen molar-refractivity contribution in [2.75, 3.05) is 26.8 Å². The summed E-state index contributed by atoms with van der Waals surface area (Å²) in [6.45, 7) is 1.34. The summed E-state index contributed by atoms with van der Waals surface area (Å²) >= 11 is 0. The van der Waals surface area contributed by atoms with Crippen LogP contribution in [-0.4, -0.2) is 44.2 Å². The number of hydrogen-bond acceptors (Lipinski definition) is 2. The van der Waals surface area contributed by atoms with Gasteiger partial charge in [-0.05, 0) is 7.05 Å². The lowest BCUT2D eigenvalue weighted by Gasteiger charge is -2.31. The molecule has 0 radical (unpaired) electrons. The van der Waals surface area contributed by atoms with Crippen LogP contribution in [0.4, 0.5) is 8.78 Å². The Morgan fingerprint density at radius 1 is 1.60 bits per heavy atom. The maximum Gasteiger partial charge on any atom is 0.256 e. The van der Waals surface area contributed by atoms with Crippen molar-refractivity contribution in [2.24, 2.45) is 0 Å². The van der Waals surface area contributed by atoms with Gasteiger partial charge in [0.15, 0.2) is 0 Å². The molecule has 0 aliphatic carbocycles. The molecule has 60 valence electrons. The fourth-order valence-corrected chi connectivity index (χ4v) is 0.971. The first-order chi connectivity index (χ1) is 4.72.